The zero-order valence-corrected chi connectivity index (χ0v) is 15.6. The molecule has 2 rings (SSSR count). The summed E-state index contributed by atoms with van der Waals surface area (Å²) in [7, 11) is -1.59. The predicted molar refractivity (Wildman–Crippen MR) is 93.6 cm³/mol. The Hall–Kier alpha value is -0.330. The molecule has 0 amide bonds. The number of rotatable bonds is 4. The molecule has 1 saturated heterocycles. The van der Waals surface area contributed by atoms with Crippen LogP contribution in [0.5, 0.6) is 0 Å². The summed E-state index contributed by atoms with van der Waals surface area (Å²) >= 11 is 6.14. The number of benzene rings is 1. The molecule has 1 aromatic rings. The van der Waals surface area contributed by atoms with Crippen LogP contribution in [0.2, 0.25) is 5.02 Å². The van der Waals surface area contributed by atoms with Gasteiger partial charge in [-0.05, 0) is 43.5 Å². The highest BCUT2D eigenvalue weighted by molar-refractivity contribution is 7.89. The van der Waals surface area contributed by atoms with E-state index in [1.807, 2.05) is 27.0 Å². The Labute approximate surface area is 144 Å². The zero-order chi connectivity index (χ0) is 15.6. The van der Waals surface area contributed by atoms with Crippen molar-refractivity contribution in [2.24, 2.45) is 0 Å². The molecule has 1 aromatic carbocycles. The van der Waals surface area contributed by atoms with Crippen molar-refractivity contribution >= 4 is 34.0 Å². The van der Waals surface area contributed by atoms with Gasteiger partial charge in [-0.15, -0.1) is 12.4 Å². The molecule has 0 bridgehead atoms. The summed E-state index contributed by atoms with van der Waals surface area (Å²) in [5.74, 6) is 0.270. The fourth-order valence-corrected chi connectivity index (χ4v) is 4.58. The second-order valence-electron chi connectivity index (χ2n) is 5.81. The van der Waals surface area contributed by atoms with Crippen LogP contribution in [0.4, 0.5) is 0 Å². The van der Waals surface area contributed by atoms with E-state index in [0.717, 1.165) is 18.4 Å². The summed E-state index contributed by atoms with van der Waals surface area (Å²) in [5, 5.41) is 3.50. The highest BCUT2D eigenvalue weighted by Crippen LogP contribution is 2.29. The number of halogens is 2. The number of hydrogen-bond donors (Lipinski definition) is 1. The summed E-state index contributed by atoms with van der Waals surface area (Å²) in [6.45, 7) is 5.16. The molecule has 1 N–H and O–H groups in total. The first-order valence-electron chi connectivity index (χ1n) is 7.33. The fraction of sp³-hybridized carbons (Fsp3) is 0.600. The molecule has 0 unspecified atom stereocenters. The Balaban J connectivity index is 0.00000242. The van der Waals surface area contributed by atoms with Crippen LogP contribution in [0, 0.1) is 0 Å². The van der Waals surface area contributed by atoms with Crippen LogP contribution < -0.4 is 5.32 Å². The van der Waals surface area contributed by atoms with Gasteiger partial charge in [-0.3, -0.25) is 0 Å². The van der Waals surface area contributed by atoms with E-state index in [2.05, 4.69) is 5.32 Å². The monoisotopic (exact) mass is 366 g/mol. The summed E-state index contributed by atoms with van der Waals surface area (Å²) in [6, 6.07) is 5.68. The molecule has 126 valence electrons. The Morgan fingerprint density at radius 1 is 1.27 bits per heavy atom. The molecule has 22 heavy (non-hydrogen) atoms. The molecule has 4 nitrogen and oxygen atoms in total. The lowest BCUT2D eigenvalue weighted by atomic mass is 10.0. The second kappa shape index (κ2) is 7.97. The van der Waals surface area contributed by atoms with Crippen molar-refractivity contribution in [1.29, 1.82) is 0 Å². The van der Waals surface area contributed by atoms with E-state index >= 15 is 0 Å². The minimum Gasteiger partial charge on any atom is -0.317 e. The van der Waals surface area contributed by atoms with Crippen LogP contribution in [0.15, 0.2) is 23.1 Å². The Bertz CT molecular complexity index is 598. The third kappa shape index (κ3) is 4.15. The van der Waals surface area contributed by atoms with Gasteiger partial charge in [0.05, 0.1) is 5.02 Å². The molecule has 1 aliphatic rings. The summed E-state index contributed by atoms with van der Waals surface area (Å²) in [6.07, 6.45) is 1.66. The first-order chi connectivity index (χ1) is 9.86. The van der Waals surface area contributed by atoms with Crippen LogP contribution in [0.3, 0.4) is 0 Å². The Morgan fingerprint density at radius 3 is 2.36 bits per heavy atom. The molecule has 1 fully saturated rings. The van der Waals surface area contributed by atoms with Gasteiger partial charge in [0.2, 0.25) is 10.0 Å². The van der Waals surface area contributed by atoms with E-state index in [1.54, 1.807) is 16.4 Å². The lowest BCUT2D eigenvalue weighted by molar-refractivity contribution is 0.298. The molecule has 0 spiro atoms. The van der Waals surface area contributed by atoms with Gasteiger partial charge in [0.1, 0.15) is 4.90 Å². The van der Waals surface area contributed by atoms with E-state index in [0.29, 0.717) is 24.2 Å². The molecule has 0 aliphatic carbocycles. The van der Waals surface area contributed by atoms with Crippen molar-refractivity contribution < 1.29 is 8.42 Å². The van der Waals surface area contributed by atoms with Crippen molar-refractivity contribution in [2.45, 2.75) is 43.5 Å². The van der Waals surface area contributed by atoms with E-state index in [9.17, 15) is 8.42 Å². The van der Waals surface area contributed by atoms with Gasteiger partial charge in [0.25, 0.3) is 0 Å². The molecule has 0 atom stereocenters. The molecule has 0 radical (unpaired) electrons. The second-order valence-corrected chi connectivity index (χ2v) is 8.13. The van der Waals surface area contributed by atoms with Crippen molar-refractivity contribution in [3.8, 4) is 0 Å². The van der Waals surface area contributed by atoms with Crippen molar-refractivity contribution in [3.05, 3.63) is 28.8 Å². The Kier molecular flexibility index (Phi) is 7.15. The molecular formula is C15H24Cl2N2O2S. The predicted octanol–water partition coefficient (Wildman–Crippen LogP) is 3.26. The number of nitrogens with one attached hydrogen (secondary N) is 1. The van der Waals surface area contributed by atoms with E-state index in [-0.39, 0.29) is 23.2 Å². The zero-order valence-electron chi connectivity index (χ0n) is 13.2. The largest absolute Gasteiger partial charge is 0.317 e. The highest BCUT2D eigenvalue weighted by Gasteiger charge is 2.30. The van der Waals surface area contributed by atoms with Crippen LogP contribution in [0.1, 0.15) is 38.2 Å². The molecular weight excluding hydrogens is 343 g/mol. The van der Waals surface area contributed by atoms with Gasteiger partial charge in [-0.25, -0.2) is 8.42 Å². The van der Waals surface area contributed by atoms with Crippen LogP contribution in [-0.4, -0.2) is 38.9 Å². The molecule has 1 heterocycles. The van der Waals surface area contributed by atoms with Crippen LogP contribution in [-0.2, 0) is 10.0 Å². The van der Waals surface area contributed by atoms with Crippen LogP contribution >= 0.6 is 24.0 Å². The average Bonchev–Trinajstić information content (AvgIpc) is 2.47. The minimum absolute atomic E-state index is 0. The minimum atomic E-state index is -3.51. The molecule has 1 aliphatic heterocycles. The average molecular weight is 367 g/mol. The maximum absolute atomic E-state index is 12.8. The number of nitrogens with zero attached hydrogens (tertiary/aromatic N) is 1. The number of hydrogen-bond acceptors (Lipinski definition) is 3. The van der Waals surface area contributed by atoms with E-state index < -0.39 is 10.0 Å². The first-order valence-corrected chi connectivity index (χ1v) is 9.15. The van der Waals surface area contributed by atoms with Crippen molar-refractivity contribution in [1.82, 2.24) is 9.62 Å². The molecule has 0 saturated carbocycles. The van der Waals surface area contributed by atoms with E-state index in [1.165, 1.54) is 0 Å². The normalized spacial score (nSPS) is 17.5. The van der Waals surface area contributed by atoms with Crippen molar-refractivity contribution in [2.75, 3.05) is 20.1 Å². The van der Waals surface area contributed by atoms with Crippen molar-refractivity contribution in [3.63, 3.8) is 0 Å². The topological polar surface area (TPSA) is 49.4 Å². The lowest BCUT2D eigenvalue weighted by Gasteiger charge is -2.31. The maximum atomic E-state index is 12.8. The van der Waals surface area contributed by atoms with Gasteiger partial charge in [0, 0.05) is 19.1 Å². The molecule has 7 heteroatoms. The van der Waals surface area contributed by atoms with Gasteiger partial charge < -0.3 is 5.32 Å². The Morgan fingerprint density at radius 2 is 1.86 bits per heavy atom. The lowest BCUT2D eigenvalue weighted by Crippen LogP contribution is -2.43. The van der Waals surface area contributed by atoms with Gasteiger partial charge in [-0.1, -0.05) is 31.5 Å². The third-order valence-corrected chi connectivity index (χ3v) is 6.48. The smallest absolute Gasteiger partial charge is 0.244 e. The summed E-state index contributed by atoms with van der Waals surface area (Å²) < 4.78 is 27.1. The van der Waals surface area contributed by atoms with Crippen LogP contribution in [0.25, 0.3) is 0 Å². The van der Waals surface area contributed by atoms with Gasteiger partial charge >= 0.3 is 0 Å². The highest BCUT2D eigenvalue weighted by atomic mass is 35.5. The maximum Gasteiger partial charge on any atom is 0.244 e. The third-order valence-electron chi connectivity index (χ3n) is 4.10. The number of piperidine rings is 1. The standard InChI is InChI=1S/C15H23ClN2O2S.ClH/c1-11(2)12-4-5-14(16)15(10-12)21(19,20)18-8-6-13(17-3)7-9-18;/h4-5,10-11,13,17H,6-9H2,1-3H3;1H. The van der Waals surface area contributed by atoms with Gasteiger partial charge in [0.15, 0.2) is 0 Å². The fourth-order valence-electron chi connectivity index (χ4n) is 2.60. The van der Waals surface area contributed by atoms with E-state index in [4.69, 9.17) is 11.6 Å². The number of sulfonamides is 1. The summed E-state index contributed by atoms with van der Waals surface area (Å²) in [4.78, 5) is 0.235. The quantitative estimate of drug-likeness (QED) is 0.889. The SMILES string of the molecule is CNC1CCN(S(=O)(=O)c2cc(C(C)C)ccc2Cl)CC1.Cl. The molecule has 0 aromatic heterocycles. The van der Waals surface area contributed by atoms with Gasteiger partial charge in [-0.2, -0.15) is 4.31 Å². The summed E-state index contributed by atoms with van der Waals surface area (Å²) in [5.41, 5.74) is 0.989. The first kappa shape index (κ1) is 19.7.